The zero-order chi connectivity index (χ0) is 12.6. The van der Waals surface area contributed by atoms with Gasteiger partial charge in [0, 0.05) is 11.9 Å². The molecule has 0 aliphatic heterocycles. The maximum Gasteiger partial charge on any atom is 0.207 e. The van der Waals surface area contributed by atoms with Crippen LogP contribution >= 0.6 is 0 Å². The number of nitrogens with zero attached hydrogens (tertiary/aromatic N) is 2. The number of benzene rings is 1. The van der Waals surface area contributed by atoms with Gasteiger partial charge in [0.2, 0.25) is 5.43 Å². The minimum absolute atomic E-state index is 0.00389. The second kappa shape index (κ2) is 3.99. The van der Waals surface area contributed by atoms with E-state index in [0.717, 1.165) is 17.4 Å². The quantitative estimate of drug-likeness (QED) is 0.755. The normalized spacial score (nSPS) is 12.0. The third kappa shape index (κ3) is 2.09. The molecule has 1 heterocycles. The van der Waals surface area contributed by atoms with Gasteiger partial charge in [-0.1, -0.05) is 26.8 Å². The van der Waals surface area contributed by atoms with Gasteiger partial charge in [-0.05, 0) is 30.0 Å². The predicted octanol–water partition coefficient (Wildman–Crippen LogP) is 2.71. The van der Waals surface area contributed by atoms with Crippen LogP contribution in [0.3, 0.4) is 0 Å². The molecule has 1 aromatic heterocycles. The van der Waals surface area contributed by atoms with E-state index in [4.69, 9.17) is 0 Å². The van der Waals surface area contributed by atoms with Crippen molar-refractivity contribution in [2.24, 2.45) is 0 Å². The number of hydrogen-bond acceptors (Lipinski definition) is 2. The highest BCUT2D eigenvalue weighted by Crippen LogP contribution is 2.24. The molecule has 3 heteroatoms. The standard InChI is InChI=1S/C14H18N2O/c1-5-16-12-7-6-10(14(2,3)4)8-11(12)13(17)9-15-16/h6-9H,5H2,1-4H3. The number of aryl methyl sites for hydroxylation is 1. The van der Waals surface area contributed by atoms with E-state index in [2.05, 4.69) is 31.9 Å². The molecular weight excluding hydrogens is 212 g/mol. The molecule has 0 N–H and O–H groups in total. The van der Waals surface area contributed by atoms with Gasteiger partial charge in [-0.25, -0.2) is 0 Å². The molecule has 0 aliphatic carbocycles. The lowest BCUT2D eigenvalue weighted by Gasteiger charge is -2.19. The minimum atomic E-state index is -0.00389. The average molecular weight is 230 g/mol. The number of fused-ring (bicyclic) bond motifs is 1. The van der Waals surface area contributed by atoms with Gasteiger partial charge in [0.15, 0.2) is 0 Å². The zero-order valence-electron chi connectivity index (χ0n) is 10.8. The average Bonchev–Trinajstić information content (AvgIpc) is 2.28. The van der Waals surface area contributed by atoms with E-state index >= 15 is 0 Å². The summed E-state index contributed by atoms with van der Waals surface area (Å²) in [6.07, 6.45) is 1.40. The Bertz CT molecular complexity index is 606. The van der Waals surface area contributed by atoms with Gasteiger partial charge in [0.05, 0.1) is 11.7 Å². The van der Waals surface area contributed by atoms with Crippen LogP contribution in [0.15, 0.2) is 29.2 Å². The summed E-state index contributed by atoms with van der Waals surface area (Å²) in [5.74, 6) is 0. The Hall–Kier alpha value is -1.64. The maximum atomic E-state index is 11.9. The molecule has 2 aromatic rings. The zero-order valence-corrected chi connectivity index (χ0v) is 10.8. The van der Waals surface area contributed by atoms with Gasteiger partial charge in [-0.3, -0.25) is 9.48 Å². The van der Waals surface area contributed by atoms with E-state index in [-0.39, 0.29) is 10.8 Å². The Labute approximate surface area is 101 Å². The van der Waals surface area contributed by atoms with E-state index in [1.54, 1.807) is 0 Å². The highest BCUT2D eigenvalue weighted by molar-refractivity contribution is 5.79. The van der Waals surface area contributed by atoms with Gasteiger partial charge in [-0.15, -0.1) is 0 Å². The lowest BCUT2D eigenvalue weighted by molar-refractivity contribution is 0.590. The molecule has 0 saturated carbocycles. The topological polar surface area (TPSA) is 34.9 Å². The van der Waals surface area contributed by atoms with Crippen LogP contribution in [0.2, 0.25) is 0 Å². The summed E-state index contributed by atoms with van der Waals surface area (Å²) in [5.41, 5.74) is 2.14. The first-order chi connectivity index (χ1) is 7.93. The molecule has 0 radical (unpaired) electrons. The van der Waals surface area contributed by atoms with Crippen molar-refractivity contribution in [1.29, 1.82) is 0 Å². The molecule has 3 nitrogen and oxygen atoms in total. The fraction of sp³-hybridized carbons (Fsp3) is 0.429. The van der Waals surface area contributed by atoms with Crippen molar-refractivity contribution in [2.45, 2.75) is 39.7 Å². The first-order valence-electron chi connectivity index (χ1n) is 5.94. The van der Waals surface area contributed by atoms with Crippen molar-refractivity contribution in [3.8, 4) is 0 Å². The minimum Gasteiger partial charge on any atom is -0.287 e. The Kier molecular flexibility index (Phi) is 2.77. The number of hydrogen-bond donors (Lipinski definition) is 0. The molecule has 0 aliphatic rings. The summed E-state index contributed by atoms with van der Waals surface area (Å²) in [5, 5.41) is 4.88. The van der Waals surface area contributed by atoms with Gasteiger partial charge >= 0.3 is 0 Å². The largest absolute Gasteiger partial charge is 0.287 e. The van der Waals surface area contributed by atoms with Crippen LogP contribution in [0.1, 0.15) is 33.3 Å². The monoisotopic (exact) mass is 230 g/mol. The number of rotatable bonds is 1. The first kappa shape index (κ1) is 11.8. The highest BCUT2D eigenvalue weighted by Gasteiger charge is 2.15. The molecule has 90 valence electrons. The van der Waals surface area contributed by atoms with Crippen LogP contribution in [0.25, 0.3) is 10.9 Å². The van der Waals surface area contributed by atoms with E-state index in [1.807, 2.05) is 23.7 Å². The fourth-order valence-corrected chi connectivity index (χ4v) is 1.93. The molecule has 0 fully saturated rings. The molecule has 0 spiro atoms. The van der Waals surface area contributed by atoms with Gasteiger partial charge in [0.25, 0.3) is 0 Å². The van der Waals surface area contributed by atoms with Crippen molar-refractivity contribution in [1.82, 2.24) is 9.78 Å². The van der Waals surface area contributed by atoms with Gasteiger partial charge in [-0.2, -0.15) is 5.10 Å². The molecule has 2 rings (SSSR count). The molecule has 1 aromatic carbocycles. The molecule has 0 saturated heterocycles. The molecule has 0 atom stereocenters. The Morgan fingerprint density at radius 1 is 1.29 bits per heavy atom. The van der Waals surface area contributed by atoms with Crippen molar-refractivity contribution in [3.63, 3.8) is 0 Å². The molecule has 0 bridgehead atoms. The van der Waals surface area contributed by atoms with E-state index in [9.17, 15) is 4.79 Å². The molecular formula is C14H18N2O. The number of aromatic nitrogens is 2. The van der Waals surface area contributed by atoms with E-state index < -0.39 is 0 Å². The van der Waals surface area contributed by atoms with Crippen LogP contribution in [0.4, 0.5) is 0 Å². The summed E-state index contributed by atoms with van der Waals surface area (Å²) in [6, 6.07) is 6.06. The van der Waals surface area contributed by atoms with E-state index in [0.29, 0.717) is 0 Å². The summed E-state index contributed by atoms with van der Waals surface area (Å²) >= 11 is 0. The van der Waals surface area contributed by atoms with Crippen molar-refractivity contribution >= 4 is 10.9 Å². The summed E-state index contributed by atoms with van der Waals surface area (Å²) in [4.78, 5) is 11.9. The summed E-state index contributed by atoms with van der Waals surface area (Å²) < 4.78 is 1.85. The van der Waals surface area contributed by atoms with Crippen LogP contribution in [-0.2, 0) is 12.0 Å². The second-order valence-corrected chi connectivity index (χ2v) is 5.31. The molecule has 17 heavy (non-hydrogen) atoms. The lowest BCUT2D eigenvalue weighted by atomic mass is 9.86. The van der Waals surface area contributed by atoms with E-state index in [1.165, 1.54) is 11.8 Å². The summed E-state index contributed by atoms with van der Waals surface area (Å²) in [7, 11) is 0. The van der Waals surface area contributed by atoms with Crippen LogP contribution in [-0.4, -0.2) is 9.78 Å². The van der Waals surface area contributed by atoms with Crippen LogP contribution < -0.4 is 5.43 Å². The Morgan fingerprint density at radius 3 is 2.59 bits per heavy atom. The SMILES string of the molecule is CCn1ncc(=O)c2cc(C(C)(C)C)ccc21. The third-order valence-electron chi connectivity index (χ3n) is 3.02. The second-order valence-electron chi connectivity index (χ2n) is 5.31. The van der Waals surface area contributed by atoms with Crippen LogP contribution in [0.5, 0.6) is 0 Å². The smallest absolute Gasteiger partial charge is 0.207 e. The van der Waals surface area contributed by atoms with Crippen molar-refractivity contribution in [3.05, 3.63) is 40.2 Å². The third-order valence-corrected chi connectivity index (χ3v) is 3.02. The van der Waals surface area contributed by atoms with Gasteiger partial charge < -0.3 is 0 Å². The maximum absolute atomic E-state index is 11.9. The van der Waals surface area contributed by atoms with Crippen LogP contribution in [0, 0.1) is 0 Å². The van der Waals surface area contributed by atoms with Crippen molar-refractivity contribution in [2.75, 3.05) is 0 Å². The molecule has 0 amide bonds. The van der Waals surface area contributed by atoms with Crippen molar-refractivity contribution < 1.29 is 0 Å². The lowest BCUT2D eigenvalue weighted by Crippen LogP contribution is -2.15. The molecule has 0 unspecified atom stereocenters. The fourth-order valence-electron chi connectivity index (χ4n) is 1.93. The van der Waals surface area contributed by atoms with Gasteiger partial charge in [0.1, 0.15) is 0 Å². The predicted molar refractivity (Wildman–Crippen MR) is 70.4 cm³/mol. The first-order valence-corrected chi connectivity index (χ1v) is 5.94. The summed E-state index contributed by atoms with van der Waals surface area (Å²) in [6.45, 7) is 9.23. The highest BCUT2D eigenvalue weighted by atomic mass is 16.1. The Balaban J connectivity index is 2.78. The Morgan fingerprint density at radius 2 is 2.00 bits per heavy atom.